The average Bonchev–Trinajstić information content (AvgIpc) is 2.93. The lowest BCUT2D eigenvalue weighted by Crippen LogP contribution is -2.01. The highest BCUT2D eigenvalue weighted by molar-refractivity contribution is 5.59. The van der Waals surface area contributed by atoms with Crippen LogP contribution in [-0.4, -0.2) is 30.9 Å². The standard InChI is InChI=1S/C13H17N3O3/c1-17-10-6-9(7-11(8-10)18-2)13-15-12(16-19-13)4-3-5-14/h6-8H,3-5,14H2,1-2H3. The number of methoxy groups -OCH3 is 2. The predicted molar refractivity (Wildman–Crippen MR) is 70.2 cm³/mol. The molecule has 0 saturated heterocycles. The SMILES string of the molecule is COc1cc(OC)cc(-c2nc(CCCN)no2)c1. The summed E-state index contributed by atoms with van der Waals surface area (Å²) in [6.45, 7) is 0.608. The lowest BCUT2D eigenvalue weighted by atomic mass is 10.2. The Bertz CT molecular complexity index is 517. The van der Waals surface area contributed by atoms with Crippen molar-refractivity contribution < 1.29 is 14.0 Å². The molecule has 6 heteroatoms. The van der Waals surface area contributed by atoms with Crippen LogP contribution in [0.3, 0.4) is 0 Å². The number of aryl methyl sites for hydroxylation is 1. The van der Waals surface area contributed by atoms with Gasteiger partial charge >= 0.3 is 0 Å². The Labute approximate surface area is 111 Å². The third-order valence-electron chi connectivity index (χ3n) is 2.67. The number of hydrogen-bond donors (Lipinski definition) is 1. The molecular formula is C13H17N3O3. The molecule has 0 aliphatic heterocycles. The summed E-state index contributed by atoms with van der Waals surface area (Å²) < 4.78 is 15.6. The number of ether oxygens (including phenoxy) is 2. The van der Waals surface area contributed by atoms with Crippen LogP contribution in [0, 0.1) is 0 Å². The van der Waals surface area contributed by atoms with Gasteiger partial charge in [0.2, 0.25) is 0 Å². The van der Waals surface area contributed by atoms with E-state index in [0.29, 0.717) is 36.2 Å². The molecule has 0 bridgehead atoms. The van der Waals surface area contributed by atoms with Gasteiger partial charge in [-0.15, -0.1) is 0 Å². The van der Waals surface area contributed by atoms with Gasteiger partial charge in [0, 0.05) is 18.1 Å². The Morgan fingerprint density at radius 1 is 1.16 bits per heavy atom. The maximum absolute atomic E-state index is 5.45. The van der Waals surface area contributed by atoms with E-state index >= 15 is 0 Å². The molecule has 1 aromatic carbocycles. The number of rotatable bonds is 6. The number of aromatic nitrogens is 2. The van der Waals surface area contributed by atoms with Crippen molar-refractivity contribution in [2.45, 2.75) is 12.8 Å². The first-order chi connectivity index (χ1) is 9.26. The topological polar surface area (TPSA) is 83.4 Å². The molecule has 0 aliphatic rings. The van der Waals surface area contributed by atoms with Gasteiger partial charge in [0.05, 0.1) is 14.2 Å². The van der Waals surface area contributed by atoms with E-state index in [-0.39, 0.29) is 0 Å². The third kappa shape index (κ3) is 3.23. The number of nitrogens with two attached hydrogens (primary N) is 1. The van der Waals surface area contributed by atoms with Crippen molar-refractivity contribution in [1.29, 1.82) is 0 Å². The number of benzene rings is 1. The van der Waals surface area contributed by atoms with Crippen LogP contribution >= 0.6 is 0 Å². The average molecular weight is 263 g/mol. The second-order valence-electron chi connectivity index (χ2n) is 4.01. The molecule has 102 valence electrons. The van der Waals surface area contributed by atoms with Crippen LogP contribution in [0.15, 0.2) is 22.7 Å². The molecule has 0 aliphatic carbocycles. The lowest BCUT2D eigenvalue weighted by molar-refractivity contribution is 0.393. The Kier molecular flexibility index (Phi) is 4.35. The molecule has 0 atom stereocenters. The van der Waals surface area contributed by atoms with E-state index in [9.17, 15) is 0 Å². The Morgan fingerprint density at radius 3 is 2.42 bits per heavy atom. The Balaban J connectivity index is 2.27. The molecule has 2 aromatic rings. The largest absolute Gasteiger partial charge is 0.497 e. The lowest BCUT2D eigenvalue weighted by Gasteiger charge is -2.05. The van der Waals surface area contributed by atoms with E-state index in [1.54, 1.807) is 20.3 Å². The van der Waals surface area contributed by atoms with Crippen LogP contribution in [0.5, 0.6) is 11.5 Å². The number of hydrogen-bond acceptors (Lipinski definition) is 6. The van der Waals surface area contributed by atoms with E-state index in [1.165, 1.54) is 0 Å². The first-order valence-corrected chi connectivity index (χ1v) is 6.03. The second kappa shape index (κ2) is 6.19. The summed E-state index contributed by atoms with van der Waals surface area (Å²) >= 11 is 0. The zero-order valence-electron chi connectivity index (χ0n) is 11.0. The van der Waals surface area contributed by atoms with Gasteiger partial charge in [-0.3, -0.25) is 0 Å². The van der Waals surface area contributed by atoms with Crippen molar-refractivity contribution >= 4 is 0 Å². The van der Waals surface area contributed by atoms with E-state index in [4.69, 9.17) is 19.7 Å². The van der Waals surface area contributed by atoms with Crippen LogP contribution in [0.25, 0.3) is 11.5 Å². The van der Waals surface area contributed by atoms with Crippen molar-refractivity contribution in [3.05, 3.63) is 24.0 Å². The Morgan fingerprint density at radius 2 is 1.84 bits per heavy atom. The zero-order chi connectivity index (χ0) is 13.7. The van der Waals surface area contributed by atoms with E-state index in [2.05, 4.69) is 10.1 Å². The molecule has 0 radical (unpaired) electrons. The summed E-state index contributed by atoms with van der Waals surface area (Å²) in [5.74, 6) is 2.46. The predicted octanol–water partition coefficient (Wildman–Crippen LogP) is 1.65. The van der Waals surface area contributed by atoms with Gasteiger partial charge in [-0.1, -0.05) is 5.16 Å². The van der Waals surface area contributed by atoms with E-state index in [0.717, 1.165) is 12.0 Å². The zero-order valence-corrected chi connectivity index (χ0v) is 11.0. The molecule has 1 heterocycles. The fourth-order valence-corrected chi connectivity index (χ4v) is 1.66. The quantitative estimate of drug-likeness (QED) is 0.853. The van der Waals surface area contributed by atoms with E-state index in [1.807, 2.05) is 12.1 Å². The first kappa shape index (κ1) is 13.4. The molecule has 0 unspecified atom stereocenters. The minimum Gasteiger partial charge on any atom is -0.497 e. The molecule has 1 aromatic heterocycles. The molecule has 2 rings (SSSR count). The highest BCUT2D eigenvalue weighted by atomic mass is 16.5. The highest BCUT2D eigenvalue weighted by Gasteiger charge is 2.11. The van der Waals surface area contributed by atoms with Gasteiger partial charge in [0.15, 0.2) is 5.82 Å². The van der Waals surface area contributed by atoms with Crippen LogP contribution in [0.1, 0.15) is 12.2 Å². The van der Waals surface area contributed by atoms with Crippen molar-refractivity contribution in [1.82, 2.24) is 10.1 Å². The van der Waals surface area contributed by atoms with Gasteiger partial charge in [-0.25, -0.2) is 0 Å². The van der Waals surface area contributed by atoms with Crippen molar-refractivity contribution in [2.75, 3.05) is 20.8 Å². The molecule has 0 spiro atoms. The molecule has 0 fully saturated rings. The molecule has 0 saturated carbocycles. The fourth-order valence-electron chi connectivity index (χ4n) is 1.66. The normalized spacial score (nSPS) is 10.5. The third-order valence-corrected chi connectivity index (χ3v) is 2.67. The summed E-state index contributed by atoms with van der Waals surface area (Å²) in [4.78, 5) is 4.32. The first-order valence-electron chi connectivity index (χ1n) is 6.03. The Hall–Kier alpha value is -2.08. The molecular weight excluding hydrogens is 246 g/mol. The van der Waals surface area contributed by atoms with Crippen LogP contribution in [0.4, 0.5) is 0 Å². The summed E-state index contributed by atoms with van der Waals surface area (Å²) in [6, 6.07) is 5.43. The van der Waals surface area contributed by atoms with Crippen molar-refractivity contribution in [3.8, 4) is 23.0 Å². The monoisotopic (exact) mass is 263 g/mol. The van der Waals surface area contributed by atoms with Gasteiger partial charge in [0.25, 0.3) is 5.89 Å². The fraction of sp³-hybridized carbons (Fsp3) is 0.385. The molecule has 0 amide bonds. The molecule has 2 N–H and O–H groups in total. The maximum Gasteiger partial charge on any atom is 0.258 e. The molecule has 19 heavy (non-hydrogen) atoms. The van der Waals surface area contributed by atoms with Gasteiger partial charge in [-0.05, 0) is 25.1 Å². The highest BCUT2D eigenvalue weighted by Crippen LogP contribution is 2.28. The number of nitrogens with zero attached hydrogens (tertiary/aromatic N) is 2. The summed E-state index contributed by atoms with van der Waals surface area (Å²) in [5, 5.41) is 3.92. The maximum atomic E-state index is 5.45. The van der Waals surface area contributed by atoms with Crippen molar-refractivity contribution in [2.24, 2.45) is 5.73 Å². The van der Waals surface area contributed by atoms with Gasteiger partial charge < -0.3 is 19.7 Å². The minimum atomic E-state index is 0.448. The van der Waals surface area contributed by atoms with Crippen LogP contribution in [0.2, 0.25) is 0 Å². The second-order valence-corrected chi connectivity index (χ2v) is 4.01. The summed E-state index contributed by atoms with van der Waals surface area (Å²) in [7, 11) is 3.19. The van der Waals surface area contributed by atoms with Crippen LogP contribution < -0.4 is 15.2 Å². The smallest absolute Gasteiger partial charge is 0.258 e. The van der Waals surface area contributed by atoms with Crippen molar-refractivity contribution in [3.63, 3.8) is 0 Å². The van der Waals surface area contributed by atoms with Gasteiger partial charge in [-0.2, -0.15) is 4.98 Å². The molecule has 6 nitrogen and oxygen atoms in total. The minimum absolute atomic E-state index is 0.448. The van der Waals surface area contributed by atoms with E-state index < -0.39 is 0 Å². The summed E-state index contributed by atoms with van der Waals surface area (Å²) in [5.41, 5.74) is 6.22. The summed E-state index contributed by atoms with van der Waals surface area (Å²) in [6.07, 6.45) is 1.54. The van der Waals surface area contributed by atoms with Crippen LogP contribution in [-0.2, 0) is 6.42 Å². The van der Waals surface area contributed by atoms with Gasteiger partial charge in [0.1, 0.15) is 11.5 Å².